The Morgan fingerprint density at radius 1 is 1.41 bits per heavy atom. The van der Waals surface area contributed by atoms with Crippen LogP contribution in [0.5, 0.6) is 0 Å². The van der Waals surface area contributed by atoms with Crippen LogP contribution in [0.25, 0.3) is 0 Å². The Hall–Kier alpha value is -0.670. The van der Waals surface area contributed by atoms with Crippen LogP contribution in [0.3, 0.4) is 0 Å². The lowest BCUT2D eigenvalue weighted by atomic mass is 9.91. The van der Waals surface area contributed by atoms with Gasteiger partial charge in [0.1, 0.15) is 0 Å². The second-order valence-corrected chi connectivity index (χ2v) is 5.58. The molecular formula is C13H20ClN3. The van der Waals surface area contributed by atoms with Gasteiger partial charge in [-0.3, -0.25) is 0 Å². The molecule has 0 radical (unpaired) electrons. The average molecular weight is 254 g/mol. The standard InChI is InChI=1S/C13H20ClN3/c1-10(2)17-5-3-11(4-6-17)7-13-8-12(14)9-15-16-13/h8-11H,3-7H2,1-2H3. The first-order chi connectivity index (χ1) is 8.15. The Morgan fingerprint density at radius 2 is 2.12 bits per heavy atom. The largest absolute Gasteiger partial charge is 0.301 e. The van der Waals surface area contributed by atoms with Gasteiger partial charge in [-0.15, -0.1) is 0 Å². The second kappa shape index (κ2) is 5.78. The molecule has 0 atom stereocenters. The van der Waals surface area contributed by atoms with E-state index in [0.29, 0.717) is 11.1 Å². The summed E-state index contributed by atoms with van der Waals surface area (Å²) in [5.41, 5.74) is 1.03. The van der Waals surface area contributed by atoms with Crippen LogP contribution in [0, 0.1) is 5.92 Å². The summed E-state index contributed by atoms with van der Waals surface area (Å²) in [6.45, 7) is 6.94. The molecule has 4 heteroatoms. The molecule has 0 saturated carbocycles. The highest BCUT2D eigenvalue weighted by molar-refractivity contribution is 6.30. The van der Waals surface area contributed by atoms with Gasteiger partial charge in [0.25, 0.3) is 0 Å². The lowest BCUT2D eigenvalue weighted by Crippen LogP contribution is -2.38. The van der Waals surface area contributed by atoms with E-state index in [4.69, 9.17) is 11.6 Å². The summed E-state index contributed by atoms with van der Waals surface area (Å²) < 4.78 is 0. The number of likely N-dealkylation sites (tertiary alicyclic amines) is 1. The minimum absolute atomic E-state index is 0.668. The van der Waals surface area contributed by atoms with Crippen LogP contribution in [-0.2, 0) is 6.42 Å². The fourth-order valence-electron chi connectivity index (χ4n) is 2.45. The molecule has 0 spiro atoms. The quantitative estimate of drug-likeness (QED) is 0.830. The first-order valence-corrected chi connectivity index (χ1v) is 6.74. The summed E-state index contributed by atoms with van der Waals surface area (Å²) >= 11 is 5.92. The van der Waals surface area contributed by atoms with E-state index in [2.05, 4.69) is 28.9 Å². The van der Waals surface area contributed by atoms with Crippen molar-refractivity contribution < 1.29 is 0 Å². The van der Waals surface area contributed by atoms with Gasteiger partial charge in [0.15, 0.2) is 0 Å². The molecule has 1 aliphatic heterocycles. The van der Waals surface area contributed by atoms with Gasteiger partial charge >= 0.3 is 0 Å². The fraction of sp³-hybridized carbons (Fsp3) is 0.692. The zero-order valence-corrected chi connectivity index (χ0v) is 11.3. The van der Waals surface area contributed by atoms with Crippen molar-refractivity contribution in [2.45, 2.75) is 39.2 Å². The molecule has 1 aromatic rings. The smallest absolute Gasteiger partial charge is 0.0682 e. The van der Waals surface area contributed by atoms with E-state index in [1.54, 1.807) is 6.20 Å². The molecule has 0 bridgehead atoms. The van der Waals surface area contributed by atoms with E-state index in [1.807, 2.05) is 6.07 Å². The summed E-state index contributed by atoms with van der Waals surface area (Å²) in [5, 5.41) is 8.73. The molecule has 1 aromatic heterocycles. The maximum absolute atomic E-state index is 5.92. The van der Waals surface area contributed by atoms with E-state index in [1.165, 1.54) is 25.9 Å². The number of hydrogen-bond donors (Lipinski definition) is 0. The average Bonchev–Trinajstić information content (AvgIpc) is 2.29. The number of hydrogen-bond acceptors (Lipinski definition) is 3. The Bertz CT molecular complexity index is 359. The minimum Gasteiger partial charge on any atom is -0.301 e. The van der Waals surface area contributed by atoms with Gasteiger partial charge in [0.2, 0.25) is 0 Å². The number of nitrogens with zero attached hydrogens (tertiary/aromatic N) is 3. The monoisotopic (exact) mass is 253 g/mol. The molecule has 3 nitrogen and oxygen atoms in total. The van der Waals surface area contributed by atoms with Gasteiger partial charge in [-0.05, 0) is 58.2 Å². The maximum Gasteiger partial charge on any atom is 0.0682 e. The van der Waals surface area contributed by atoms with Crippen molar-refractivity contribution in [2.75, 3.05) is 13.1 Å². The molecule has 0 unspecified atom stereocenters. The van der Waals surface area contributed by atoms with E-state index in [9.17, 15) is 0 Å². The van der Waals surface area contributed by atoms with Crippen molar-refractivity contribution >= 4 is 11.6 Å². The third-order valence-electron chi connectivity index (χ3n) is 3.55. The summed E-state index contributed by atoms with van der Waals surface area (Å²) in [5.74, 6) is 0.734. The zero-order chi connectivity index (χ0) is 12.3. The van der Waals surface area contributed by atoms with Gasteiger partial charge in [0, 0.05) is 6.04 Å². The van der Waals surface area contributed by atoms with Crippen molar-refractivity contribution in [1.82, 2.24) is 15.1 Å². The molecule has 1 aliphatic rings. The number of halogens is 1. The van der Waals surface area contributed by atoms with E-state index in [-0.39, 0.29) is 0 Å². The molecule has 1 fully saturated rings. The van der Waals surface area contributed by atoms with Gasteiger partial charge in [-0.25, -0.2) is 0 Å². The topological polar surface area (TPSA) is 29.0 Å². The van der Waals surface area contributed by atoms with Gasteiger partial charge in [0.05, 0.1) is 16.9 Å². The predicted molar refractivity (Wildman–Crippen MR) is 70.2 cm³/mol. The number of rotatable bonds is 3. The molecule has 94 valence electrons. The Morgan fingerprint density at radius 3 is 2.71 bits per heavy atom. The molecule has 0 aliphatic carbocycles. The SMILES string of the molecule is CC(C)N1CCC(Cc2cc(Cl)cnn2)CC1. The van der Waals surface area contributed by atoms with Crippen molar-refractivity contribution in [3.63, 3.8) is 0 Å². The molecule has 0 N–H and O–H groups in total. The Balaban J connectivity index is 1.86. The summed E-state index contributed by atoms with van der Waals surface area (Å²) in [4.78, 5) is 2.54. The zero-order valence-electron chi connectivity index (χ0n) is 10.6. The van der Waals surface area contributed by atoms with E-state index >= 15 is 0 Å². The highest BCUT2D eigenvalue weighted by Crippen LogP contribution is 2.22. The molecule has 2 heterocycles. The van der Waals surface area contributed by atoms with Crippen molar-refractivity contribution in [3.05, 3.63) is 23.0 Å². The van der Waals surface area contributed by atoms with Crippen LogP contribution >= 0.6 is 11.6 Å². The Labute approximate surface area is 108 Å². The molecule has 2 rings (SSSR count). The van der Waals surface area contributed by atoms with E-state index < -0.39 is 0 Å². The lowest BCUT2D eigenvalue weighted by Gasteiger charge is -2.34. The number of piperidine rings is 1. The van der Waals surface area contributed by atoms with Crippen LogP contribution < -0.4 is 0 Å². The van der Waals surface area contributed by atoms with Crippen LogP contribution in [0.1, 0.15) is 32.4 Å². The van der Waals surface area contributed by atoms with Crippen LogP contribution in [0.4, 0.5) is 0 Å². The highest BCUT2D eigenvalue weighted by atomic mass is 35.5. The minimum atomic E-state index is 0.668. The molecule has 17 heavy (non-hydrogen) atoms. The highest BCUT2D eigenvalue weighted by Gasteiger charge is 2.21. The third-order valence-corrected chi connectivity index (χ3v) is 3.76. The van der Waals surface area contributed by atoms with Crippen LogP contribution in [0.15, 0.2) is 12.3 Å². The normalized spacial score (nSPS) is 18.8. The predicted octanol–water partition coefficient (Wildman–Crippen LogP) is 2.79. The molecule has 0 amide bonds. The summed E-state index contributed by atoms with van der Waals surface area (Å²) in [6, 6.07) is 2.60. The van der Waals surface area contributed by atoms with Crippen LogP contribution in [-0.4, -0.2) is 34.2 Å². The van der Waals surface area contributed by atoms with Gasteiger partial charge in [-0.1, -0.05) is 11.6 Å². The first kappa shape index (κ1) is 12.8. The maximum atomic E-state index is 5.92. The molecule has 0 aromatic carbocycles. The first-order valence-electron chi connectivity index (χ1n) is 6.36. The lowest BCUT2D eigenvalue weighted by molar-refractivity contribution is 0.149. The number of aromatic nitrogens is 2. The summed E-state index contributed by atoms with van der Waals surface area (Å²) in [6.07, 6.45) is 5.12. The van der Waals surface area contributed by atoms with Crippen LogP contribution in [0.2, 0.25) is 5.02 Å². The second-order valence-electron chi connectivity index (χ2n) is 5.14. The van der Waals surface area contributed by atoms with E-state index in [0.717, 1.165) is 18.0 Å². The molecule has 1 saturated heterocycles. The van der Waals surface area contributed by atoms with Gasteiger partial charge in [-0.2, -0.15) is 10.2 Å². The fourth-order valence-corrected chi connectivity index (χ4v) is 2.62. The van der Waals surface area contributed by atoms with Crippen molar-refractivity contribution in [2.24, 2.45) is 5.92 Å². The third kappa shape index (κ3) is 3.65. The summed E-state index contributed by atoms with van der Waals surface area (Å²) in [7, 11) is 0. The van der Waals surface area contributed by atoms with Crippen molar-refractivity contribution in [1.29, 1.82) is 0 Å². The van der Waals surface area contributed by atoms with Gasteiger partial charge < -0.3 is 4.90 Å². The molecular weight excluding hydrogens is 234 g/mol. The Kier molecular flexibility index (Phi) is 4.35. The van der Waals surface area contributed by atoms with Crippen molar-refractivity contribution in [3.8, 4) is 0 Å².